The molecule has 0 bridgehead atoms. The van der Waals surface area contributed by atoms with Gasteiger partial charge in [-0.3, -0.25) is 0 Å². The molecule has 0 aromatic heterocycles. The number of allylic oxidation sites excluding steroid dienone is 1. The van der Waals surface area contributed by atoms with Gasteiger partial charge in [-0.2, -0.15) is 0 Å². The minimum atomic E-state index is -2.70. The number of alkyl halides is 2. The second-order valence-corrected chi connectivity index (χ2v) is 2.79. The van der Waals surface area contributed by atoms with Crippen LogP contribution < -0.4 is 0 Å². The molecule has 1 aromatic carbocycles. The average molecular weight is 212 g/mol. The van der Waals surface area contributed by atoms with Crippen molar-refractivity contribution in [2.75, 3.05) is 7.11 Å². The van der Waals surface area contributed by atoms with Crippen LogP contribution in [0.25, 0.3) is 5.57 Å². The zero-order valence-electron chi connectivity index (χ0n) is 8.11. The van der Waals surface area contributed by atoms with Crippen LogP contribution in [0.5, 0.6) is 0 Å². The van der Waals surface area contributed by atoms with E-state index in [1.165, 1.54) is 12.1 Å². The first-order valence-electron chi connectivity index (χ1n) is 4.28. The van der Waals surface area contributed by atoms with Gasteiger partial charge in [-0.05, 0) is 5.56 Å². The molecule has 0 unspecified atom stereocenters. The normalized spacial score (nSPS) is 11.6. The summed E-state index contributed by atoms with van der Waals surface area (Å²) in [7, 11) is 1.15. The first kappa shape index (κ1) is 11.4. The largest absolute Gasteiger partial charge is 0.466 e. The van der Waals surface area contributed by atoms with Crippen LogP contribution in [0.2, 0.25) is 0 Å². The molecular formula is C11H10F2O2. The minimum Gasteiger partial charge on any atom is -0.466 e. The number of hydrogen-bond acceptors (Lipinski definition) is 2. The van der Waals surface area contributed by atoms with Crippen molar-refractivity contribution in [2.45, 2.75) is 6.43 Å². The monoisotopic (exact) mass is 212 g/mol. The summed E-state index contributed by atoms with van der Waals surface area (Å²) >= 11 is 0. The fraction of sp³-hybridized carbons (Fsp3) is 0.182. The van der Waals surface area contributed by atoms with Gasteiger partial charge in [0.2, 0.25) is 0 Å². The van der Waals surface area contributed by atoms with Gasteiger partial charge in [0.25, 0.3) is 6.43 Å². The standard InChI is InChI=1S/C11H10F2O2/c1-15-10(14)7-9(11(12)13)8-5-3-2-4-6-8/h2-7,11H,1H3/b9-7+. The van der Waals surface area contributed by atoms with E-state index in [2.05, 4.69) is 4.74 Å². The Balaban J connectivity index is 3.04. The van der Waals surface area contributed by atoms with Crippen LogP contribution in [0.1, 0.15) is 5.56 Å². The molecule has 0 atom stereocenters. The number of hydrogen-bond donors (Lipinski definition) is 0. The van der Waals surface area contributed by atoms with Crippen molar-refractivity contribution in [3.63, 3.8) is 0 Å². The highest BCUT2D eigenvalue weighted by molar-refractivity contribution is 5.91. The van der Waals surface area contributed by atoms with Crippen LogP contribution in [0.3, 0.4) is 0 Å². The maximum absolute atomic E-state index is 12.6. The van der Waals surface area contributed by atoms with E-state index in [1.807, 2.05) is 0 Å². The lowest BCUT2D eigenvalue weighted by atomic mass is 10.1. The maximum Gasteiger partial charge on any atom is 0.330 e. The Morgan fingerprint density at radius 1 is 1.33 bits per heavy atom. The second kappa shape index (κ2) is 5.24. The van der Waals surface area contributed by atoms with Crippen LogP contribution in [-0.4, -0.2) is 19.5 Å². The van der Waals surface area contributed by atoms with Crippen molar-refractivity contribution in [3.8, 4) is 0 Å². The van der Waals surface area contributed by atoms with E-state index < -0.39 is 12.4 Å². The van der Waals surface area contributed by atoms with E-state index in [9.17, 15) is 13.6 Å². The summed E-state index contributed by atoms with van der Waals surface area (Å²) in [4.78, 5) is 10.9. The number of methoxy groups -OCH3 is 1. The first-order valence-corrected chi connectivity index (χ1v) is 4.28. The van der Waals surface area contributed by atoms with Crippen molar-refractivity contribution in [1.29, 1.82) is 0 Å². The topological polar surface area (TPSA) is 26.3 Å². The van der Waals surface area contributed by atoms with E-state index in [0.29, 0.717) is 5.56 Å². The van der Waals surface area contributed by atoms with Crippen LogP contribution >= 0.6 is 0 Å². The van der Waals surface area contributed by atoms with Crippen LogP contribution in [0.4, 0.5) is 8.78 Å². The molecule has 1 aromatic rings. The van der Waals surface area contributed by atoms with Gasteiger partial charge in [-0.25, -0.2) is 13.6 Å². The van der Waals surface area contributed by atoms with Crippen molar-refractivity contribution >= 4 is 11.5 Å². The second-order valence-electron chi connectivity index (χ2n) is 2.79. The van der Waals surface area contributed by atoms with Gasteiger partial charge in [0.15, 0.2) is 0 Å². The molecule has 15 heavy (non-hydrogen) atoms. The lowest BCUT2D eigenvalue weighted by Crippen LogP contribution is -2.02. The number of esters is 1. The third-order valence-corrected chi connectivity index (χ3v) is 1.82. The molecule has 0 aliphatic carbocycles. The van der Waals surface area contributed by atoms with E-state index in [0.717, 1.165) is 13.2 Å². The number of carbonyl (C=O) groups excluding carboxylic acids is 1. The van der Waals surface area contributed by atoms with E-state index >= 15 is 0 Å². The van der Waals surface area contributed by atoms with Gasteiger partial charge < -0.3 is 4.74 Å². The molecule has 4 heteroatoms. The molecule has 0 heterocycles. The van der Waals surface area contributed by atoms with Crippen molar-refractivity contribution in [1.82, 2.24) is 0 Å². The summed E-state index contributed by atoms with van der Waals surface area (Å²) in [5.74, 6) is -0.783. The van der Waals surface area contributed by atoms with Gasteiger partial charge >= 0.3 is 5.97 Å². The number of benzene rings is 1. The fourth-order valence-corrected chi connectivity index (χ4v) is 1.09. The van der Waals surface area contributed by atoms with E-state index in [4.69, 9.17) is 0 Å². The summed E-state index contributed by atoms with van der Waals surface area (Å²) in [5, 5.41) is 0. The number of halogens is 2. The molecule has 2 nitrogen and oxygen atoms in total. The molecule has 0 spiro atoms. The summed E-state index contributed by atoms with van der Waals surface area (Å²) < 4.78 is 29.5. The zero-order chi connectivity index (χ0) is 11.3. The molecule has 0 fully saturated rings. The van der Waals surface area contributed by atoms with Crippen LogP contribution in [-0.2, 0) is 9.53 Å². The predicted octanol–water partition coefficient (Wildman–Crippen LogP) is 2.51. The molecule has 0 aliphatic rings. The fourth-order valence-electron chi connectivity index (χ4n) is 1.09. The SMILES string of the molecule is COC(=O)/C=C(\c1ccccc1)C(F)F. The number of ether oxygens (including phenoxy) is 1. The Morgan fingerprint density at radius 3 is 2.40 bits per heavy atom. The predicted molar refractivity (Wildman–Crippen MR) is 52.4 cm³/mol. The smallest absolute Gasteiger partial charge is 0.330 e. The Morgan fingerprint density at radius 2 is 1.93 bits per heavy atom. The molecule has 1 rings (SSSR count). The summed E-state index contributed by atoms with van der Waals surface area (Å²) in [6, 6.07) is 8.00. The van der Waals surface area contributed by atoms with Crippen molar-refractivity contribution in [2.24, 2.45) is 0 Å². The Bertz CT molecular complexity index is 358. The van der Waals surface area contributed by atoms with Crippen molar-refractivity contribution in [3.05, 3.63) is 42.0 Å². The molecule has 0 amide bonds. The highest BCUT2D eigenvalue weighted by Gasteiger charge is 2.14. The lowest BCUT2D eigenvalue weighted by molar-refractivity contribution is -0.134. The zero-order valence-corrected chi connectivity index (χ0v) is 8.11. The van der Waals surface area contributed by atoms with Gasteiger partial charge in [-0.15, -0.1) is 0 Å². The molecule has 0 radical (unpaired) electrons. The Kier molecular flexibility index (Phi) is 3.97. The average Bonchev–Trinajstić information content (AvgIpc) is 2.26. The van der Waals surface area contributed by atoms with E-state index in [1.54, 1.807) is 18.2 Å². The summed E-state index contributed by atoms with van der Waals surface area (Å²) in [6.45, 7) is 0. The maximum atomic E-state index is 12.6. The van der Waals surface area contributed by atoms with Gasteiger partial charge in [0, 0.05) is 11.6 Å². The van der Waals surface area contributed by atoms with Gasteiger partial charge in [-0.1, -0.05) is 30.3 Å². The number of rotatable bonds is 3. The molecule has 80 valence electrons. The van der Waals surface area contributed by atoms with Gasteiger partial charge in [0.05, 0.1) is 7.11 Å². The lowest BCUT2D eigenvalue weighted by Gasteiger charge is -2.05. The van der Waals surface area contributed by atoms with Crippen LogP contribution in [0, 0.1) is 0 Å². The minimum absolute atomic E-state index is 0.318. The van der Waals surface area contributed by atoms with Gasteiger partial charge in [0.1, 0.15) is 0 Å². The van der Waals surface area contributed by atoms with E-state index in [-0.39, 0.29) is 5.57 Å². The first-order chi connectivity index (χ1) is 7.15. The number of carbonyl (C=O) groups is 1. The Hall–Kier alpha value is -1.71. The molecule has 0 saturated heterocycles. The van der Waals surface area contributed by atoms with Crippen molar-refractivity contribution < 1.29 is 18.3 Å². The Labute approximate surface area is 86.2 Å². The molecule has 0 N–H and O–H groups in total. The molecular weight excluding hydrogens is 202 g/mol. The quantitative estimate of drug-likeness (QED) is 0.568. The molecule has 0 aliphatic heterocycles. The highest BCUT2D eigenvalue weighted by Crippen LogP contribution is 2.21. The summed E-state index contributed by atoms with van der Waals surface area (Å²) in [5.41, 5.74) is -0.0136. The highest BCUT2D eigenvalue weighted by atomic mass is 19.3. The summed E-state index contributed by atoms with van der Waals surface area (Å²) in [6.07, 6.45) is -1.90. The molecule has 0 saturated carbocycles. The van der Waals surface area contributed by atoms with Crippen LogP contribution in [0.15, 0.2) is 36.4 Å². The third kappa shape index (κ3) is 3.16. The third-order valence-electron chi connectivity index (χ3n) is 1.82.